The molecule has 0 saturated heterocycles. The van der Waals surface area contributed by atoms with Crippen molar-refractivity contribution >= 4 is 23.9 Å². The number of nitrogens with zero attached hydrogens (tertiary/aromatic N) is 1. The average Bonchev–Trinajstić information content (AvgIpc) is 2.27. The van der Waals surface area contributed by atoms with Gasteiger partial charge < -0.3 is 10.4 Å². The summed E-state index contributed by atoms with van der Waals surface area (Å²) in [6.07, 6.45) is 2.34. The van der Waals surface area contributed by atoms with E-state index < -0.39 is 5.97 Å². The third kappa shape index (κ3) is 4.78. The van der Waals surface area contributed by atoms with Gasteiger partial charge >= 0.3 is 12.0 Å². The fraction of sp³-hybridized carbons (Fsp3) is 0.182. The average molecular weight is 235 g/mol. The van der Waals surface area contributed by atoms with Gasteiger partial charge in [-0.2, -0.15) is 0 Å². The van der Waals surface area contributed by atoms with Crippen molar-refractivity contribution in [1.29, 1.82) is 0 Å². The van der Waals surface area contributed by atoms with Crippen LogP contribution in [0.5, 0.6) is 0 Å². The molecular formula is C11H13N3O3. The molecule has 0 unspecified atom stereocenters. The number of aromatic nitrogens is 1. The van der Waals surface area contributed by atoms with E-state index in [2.05, 4.69) is 15.6 Å². The molecule has 0 radical (unpaired) electrons. The van der Waals surface area contributed by atoms with Crippen molar-refractivity contribution in [2.45, 2.75) is 6.92 Å². The summed E-state index contributed by atoms with van der Waals surface area (Å²) >= 11 is 0. The molecule has 17 heavy (non-hydrogen) atoms. The lowest BCUT2D eigenvalue weighted by molar-refractivity contribution is -0.131. The first-order valence-electron chi connectivity index (χ1n) is 5.04. The number of pyridine rings is 1. The number of nitrogens with one attached hydrogen (secondary N) is 2. The summed E-state index contributed by atoms with van der Waals surface area (Å²) in [5, 5.41) is 13.6. The lowest BCUT2D eigenvalue weighted by atomic mass is 10.3. The van der Waals surface area contributed by atoms with Crippen molar-refractivity contribution in [2.75, 3.05) is 11.9 Å². The molecule has 6 nitrogen and oxygen atoms in total. The quantitative estimate of drug-likeness (QED) is 0.686. The van der Waals surface area contributed by atoms with Crippen LogP contribution in [0.15, 0.2) is 24.3 Å². The Labute approximate surface area is 98.4 Å². The maximum atomic E-state index is 11.2. The van der Waals surface area contributed by atoms with Crippen molar-refractivity contribution in [1.82, 2.24) is 10.3 Å². The van der Waals surface area contributed by atoms with Crippen molar-refractivity contribution in [3.05, 3.63) is 30.0 Å². The van der Waals surface area contributed by atoms with E-state index in [1.807, 2.05) is 0 Å². The van der Waals surface area contributed by atoms with Gasteiger partial charge in [0.1, 0.15) is 5.82 Å². The van der Waals surface area contributed by atoms with Gasteiger partial charge in [0.15, 0.2) is 0 Å². The zero-order valence-electron chi connectivity index (χ0n) is 9.30. The standard InChI is InChI=1S/C11H13N3O3/c1-2-12-11(17)14-9-5-3-4-8(13-9)6-7-10(15)16/h3-7H,2H2,1H3,(H,15,16)(H2,12,13,14,17). The number of hydrogen-bond donors (Lipinski definition) is 3. The lowest BCUT2D eigenvalue weighted by Gasteiger charge is -2.05. The number of carboxylic acids is 1. The molecule has 1 aromatic rings. The van der Waals surface area contributed by atoms with Gasteiger partial charge in [-0.25, -0.2) is 14.6 Å². The summed E-state index contributed by atoms with van der Waals surface area (Å²) in [7, 11) is 0. The fourth-order valence-corrected chi connectivity index (χ4v) is 1.09. The fourth-order valence-electron chi connectivity index (χ4n) is 1.09. The van der Waals surface area contributed by atoms with Crippen LogP contribution in [0.3, 0.4) is 0 Å². The van der Waals surface area contributed by atoms with Crippen molar-refractivity contribution in [3.63, 3.8) is 0 Å². The van der Waals surface area contributed by atoms with E-state index in [9.17, 15) is 9.59 Å². The monoisotopic (exact) mass is 235 g/mol. The minimum Gasteiger partial charge on any atom is -0.478 e. The predicted octanol–water partition coefficient (Wildman–Crippen LogP) is 1.32. The van der Waals surface area contributed by atoms with Gasteiger partial charge in [-0.15, -0.1) is 0 Å². The van der Waals surface area contributed by atoms with Crippen LogP contribution in [0.4, 0.5) is 10.6 Å². The van der Waals surface area contributed by atoms with E-state index in [0.717, 1.165) is 6.08 Å². The number of rotatable bonds is 4. The molecule has 3 N–H and O–H groups in total. The first-order chi connectivity index (χ1) is 8.11. The number of aliphatic carboxylic acids is 1. The highest BCUT2D eigenvalue weighted by molar-refractivity contribution is 5.88. The van der Waals surface area contributed by atoms with Crippen LogP contribution in [0, 0.1) is 0 Å². The van der Waals surface area contributed by atoms with E-state index in [4.69, 9.17) is 5.11 Å². The lowest BCUT2D eigenvalue weighted by Crippen LogP contribution is -2.28. The summed E-state index contributed by atoms with van der Waals surface area (Å²) in [4.78, 5) is 25.6. The van der Waals surface area contributed by atoms with Crippen molar-refractivity contribution < 1.29 is 14.7 Å². The molecule has 1 heterocycles. The first-order valence-corrected chi connectivity index (χ1v) is 5.04. The second kappa shape index (κ2) is 6.26. The molecule has 1 rings (SSSR count). The molecule has 0 aromatic carbocycles. The number of anilines is 1. The molecule has 6 heteroatoms. The minimum absolute atomic E-state index is 0.348. The van der Waals surface area contributed by atoms with Gasteiger partial charge in [-0.05, 0) is 25.1 Å². The summed E-state index contributed by atoms with van der Waals surface area (Å²) in [5.41, 5.74) is 0.460. The Hall–Kier alpha value is -2.37. The Bertz CT molecular complexity index is 443. The van der Waals surface area contributed by atoms with Crippen LogP contribution >= 0.6 is 0 Å². The van der Waals surface area contributed by atoms with Crippen LogP contribution in [-0.4, -0.2) is 28.6 Å². The van der Waals surface area contributed by atoms with E-state index in [-0.39, 0.29) is 6.03 Å². The summed E-state index contributed by atoms with van der Waals surface area (Å²) in [6, 6.07) is 4.59. The molecule has 1 aromatic heterocycles. The Morgan fingerprint density at radius 2 is 2.24 bits per heavy atom. The third-order valence-corrected chi connectivity index (χ3v) is 1.75. The zero-order chi connectivity index (χ0) is 12.7. The molecule has 0 aliphatic heterocycles. The first kappa shape index (κ1) is 12.7. The van der Waals surface area contributed by atoms with Gasteiger partial charge in [0.2, 0.25) is 0 Å². The second-order valence-corrected chi connectivity index (χ2v) is 3.10. The topological polar surface area (TPSA) is 91.3 Å². The van der Waals surface area contributed by atoms with Gasteiger partial charge in [-0.1, -0.05) is 6.07 Å². The number of hydrogen-bond acceptors (Lipinski definition) is 3. The van der Waals surface area contributed by atoms with Gasteiger partial charge in [0.05, 0.1) is 5.69 Å². The maximum absolute atomic E-state index is 11.2. The highest BCUT2D eigenvalue weighted by Crippen LogP contribution is 2.06. The Balaban J connectivity index is 2.72. The predicted molar refractivity (Wildman–Crippen MR) is 63.6 cm³/mol. The third-order valence-electron chi connectivity index (χ3n) is 1.75. The van der Waals surface area contributed by atoms with Crippen LogP contribution in [0.25, 0.3) is 6.08 Å². The van der Waals surface area contributed by atoms with Crippen LogP contribution in [0.2, 0.25) is 0 Å². The number of amides is 2. The molecule has 0 atom stereocenters. The Kier molecular flexibility index (Phi) is 4.68. The highest BCUT2D eigenvalue weighted by Gasteiger charge is 2.00. The minimum atomic E-state index is -1.05. The van der Waals surface area contributed by atoms with E-state index in [1.165, 1.54) is 6.08 Å². The SMILES string of the molecule is CCNC(=O)Nc1cccc(C=CC(=O)O)n1. The van der Waals surface area contributed by atoms with E-state index in [0.29, 0.717) is 18.1 Å². The molecule has 2 amide bonds. The highest BCUT2D eigenvalue weighted by atomic mass is 16.4. The molecule has 0 saturated carbocycles. The van der Waals surface area contributed by atoms with Gasteiger partial charge in [0.25, 0.3) is 0 Å². The molecular weight excluding hydrogens is 222 g/mol. The Morgan fingerprint density at radius 3 is 2.88 bits per heavy atom. The van der Waals surface area contributed by atoms with Crippen LogP contribution < -0.4 is 10.6 Å². The van der Waals surface area contributed by atoms with E-state index >= 15 is 0 Å². The summed E-state index contributed by atoms with van der Waals surface area (Å²) in [6.45, 7) is 2.32. The number of carbonyl (C=O) groups is 2. The molecule has 0 aliphatic carbocycles. The second-order valence-electron chi connectivity index (χ2n) is 3.10. The summed E-state index contributed by atoms with van der Waals surface area (Å²) < 4.78 is 0. The van der Waals surface area contributed by atoms with Crippen molar-refractivity contribution in [2.24, 2.45) is 0 Å². The smallest absolute Gasteiger partial charge is 0.328 e. The molecule has 0 spiro atoms. The molecule has 0 aliphatic rings. The molecule has 0 fully saturated rings. The number of carbonyl (C=O) groups excluding carboxylic acids is 1. The Morgan fingerprint density at radius 1 is 1.47 bits per heavy atom. The van der Waals surface area contributed by atoms with Gasteiger partial charge in [-0.3, -0.25) is 5.32 Å². The van der Waals surface area contributed by atoms with E-state index in [1.54, 1.807) is 25.1 Å². The summed E-state index contributed by atoms with van der Waals surface area (Å²) in [5.74, 6) is -0.683. The van der Waals surface area contributed by atoms with Crippen LogP contribution in [-0.2, 0) is 4.79 Å². The molecule has 90 valence electrons. The number of urea groups is 1. The van der Waals surface area contributed by atoms with Crippen molar-refractivity contribution in [3.8, 4) is 0 Å². The number of carboxylic acid groups (broad SMARTS) is 1. The zero-order valence-corrected chi connectivity index (χ0v) is 9.30. The normalized spacial score (nSPS) is 10.2. The van der Waals surface area contributed by atoms with Gasteiger partial charge in [0, 0.05) is 12.6 Å². The largest absolute Gasteiger partial charge is 0.478 e. The molecule has 0 bridgehead atoms. The van der Waals surface area contributed by atoms with Crippen LogP contribution in [0.1, 0.15) is 12.6 Å². The maximum Gasteiger partial charge on any atom is 0.328 e.